The summed E-state index contributed by atoms with van der Waals surface area (Å²) >= 11 is 0. The molecule has 6 nitrogen and oxygen atoms in total. The average molecular weight is 317 g/mol. The quantitative estimate of drug-likeness (QED) is 0.785. The molecule has 1 unspecified atom stereocenters. The van der Waals surface area contributed by atoms with Crippen LogP contribution in [0.2, 0.25) is 0 Å². The highest BCUT2D eigenvalue weighted by atomic mass is 32.3. The molecule has 1 aromatic rings. The van der Waals surface area contributed by atoms with Gasteiger partial charge < -0.3 is 14.4 Å². The van der Waals surface area contributed by atoms with Crippen LogP contribution in [0.4, 0.5) is 9.57 Å². The number of carbonyl (C=O) groups is 1. The Morgan fingerprint density at radius 2 is 1.81 bits per heavy atom. The highest BCUT2D eigenvalue weighted by Gasteiger charge is 2.39. The average Bonchev–Trinajstić information content (AvgIpc) is 2.80. The monoisotopic (exact) mass is 317 g/mol. The molecule has 1 saturated heterocycles. The fourth-order valence-corrected chi connectivity index (χ4v) is 3.03. The number of hydrogen-bond acceptors (Lipinski definition) is 5. The third-order valence-corrected chi connectivity index (χ3v) is 4.59. The fraction of sp³-hybridized carbons (Fsp3) is 0.462. The molecule has 1 amide bonds. The molecule has 116 valence electrons. The topological polar surface area (TPSA) is 72.9 Å². The lowest BCUT2D eigenvalue weighted by Gasteiger charge is -2.20. The molecule has 1 heterocycles. The fourth-order valence-electron chi connectivity index (χ4n) is 2.36. The van der Waals surface area contributed by atoms with Crippen molar-refractivity contribution in [3.8, 4) is 11.5 Å². The highest BCUT2D eigenvalue weighted by molar-refractivity contribution is 7.87. The van der Waals surface area contributed by atoms with Crippen molar-refractivity contribution in [3.05, 3.63) is 17.7 Å². The number of anilines is 1. The van der Waals surface area contributed by atoms with Gasteiger partial charge in [-0.05, 0) is 18.6 Å². The van der Waals surface area contributed by atoms with E-state index in [0.717, 1.165) is 0 Å². The van der Waals surface area contributed by atoms with Crippen LogP contribution in [0.25, 0.3) is 0 Å². The van der Waals surface area contributed by atoms with Crippen molar-refractivity contribution >= 4 is 21.8 Å². The molecule has 0 N–H and O–H groups in total. The summed E-state index contributed by atoms with van der Waals surface area (Å²) in [6.45, 7) is 1.55. The van der Waals surface area contributed by atoms with Crippen molar-refractivity contribution in [2.45, 2.75) is 18.6 Å². The first kappa shape index (κ1) is 15.6. The van der Waals surface area contributed by atoms with Gasteiger partial charge in [0.25, 0.3) is 0 Å². The van der Waals surface area contributed by atoms with Crippen LogP contribution >= 0.6 is 0 Å². The Balaban J connectivity index is 2.41. The Kier molecular flexibility index (Phi) is 4.08. The van der Waals surface area contributed by atoms with Gasteiger partial charge in [0.1, 0.15) is 5.25 Å². The second kappa shape index (κ2) is 5.51. The maximum absolute atomic E-state index is 13.1. The number of benzene rings is 1. The molecule has 0 spiro atoms. The molecule has 0 bridgehead atoms. The van der Waals surface area contributed by atoms with Crippen molar-refractivity contribution in [2.24, 2.45) is 0 Å². The van der Waals surface area contributed by atoms with Crippen LogP contribution < -0.4 is 14.4 Å². The van der Waals surface area contributed by atoms with Crippen molar-refractivity contribution in [1.82, 2.24) is 0 Å². The number of carbonyl (C=O) groups excluding carboxylic acids is 1. The Hall–Kier alpha value is -1.83. The molecule has 0 aromatic heterocycles. The van der Waals surface area contributed by atoms with E-state index in [1.165, 1.54) is 19.1 Å². The molecule has 0 saturated carbocycles. The minimum absolute atomic E-state index is 0.200. The first-order valence-electron chi connectivity index (χ1n) is 6.24. The minimum atomic E-state index is -4.74. The van der Waals surface area contributed by atoms with Gasteiger partial charge in [-0.2, -0.15) is 8.42 Å². The maximum atomic E-state index is 13.1. The van der Waals surface area contributed by atoms with E-state index >= 15 is 0 Å². The zero-order valence-corrected chi connectivity index (χ0v) is 12.7. The smallest absolute Gasteiger partial charge is 0.307 e. The molecule has 1 aliphatic heterocycles. The Morgan fingerprint density at radius 1 is 1.24 bits per heavy atom. The standard InChI is InChI=1S/C13H16FNO5S/c1-8-4-11(19-2)12(20-3)6-10(8)15-7-9(5-13(15)16)21(14,17)18/h4,6,9H,5,7H2,1-3H3. The summed E-state index contributed by atoms with van der Waals surface area (Å²) < 4.78 is 45.3. The van der Waals surface area contributed by atoms with Crippen molar-refractivity contribution in [3.63, 3.8) is 0 Å². The first-order chi connectivity index (χ1) is 9.77. The zero-order valence-electron chi connectivity index (χ0n) is 11.9. The zero-order chi connectivity index (χ0) is 15.8. The van der Waals surface area contributed by atoms with Gasteiger partial charge in [-0.15, -0.1) is 3.89 Å². The number of rotatable bonds is 4. The lowest BCUT2D eigenvalue weighted by molar-refractivity contribution is -0.117. The van der Waals surface area contributed by atoms with Gasteiger partial charge in [-0.25, -0.2) is 0 Å². The van der Waals surface area contributed by atoms with E-state index in [0.29, 0.717) is 22.7 Å². The number of aryl methyl sites for hydroxylation is 1. The number of hydrogen-bond donors (Lipinski definition) is 0. The van der Waals surface area contributed by atoms with E-state index in [-0.39, 0.29) is 13.0 Å². The van der Waals surface area contributed by atoms with Gasteiger partial charge in [-0.3, -0.25) is 4.79 Å². The van der Waals surface area contributed by atoms with Crippen LogP contribution in [0.15, 0.2) is 12.1 Å². The van der Waals surface area contributed by atoms with E-state index < -0.39 is 21.4 Å². The Bertz CT molecular complexity index is 673. The largest absolute Gasteiger partial charge is 0.493 e. The number of methoxy groups -OCH3 is 2. The first-order valence-corrected chi connectivity index (χ1v) is 7.69. The second-order valence-corrected chi connectivity index (χ2v) is 6.42. The number of ether oxygens (including phenoxy) is 2. The molecule has 0 aliphatic carbocycles. The van der Waals surface area contributed by atoms with Crippen molar-refractivity contribution in [1.29, 1.82) is 0 Å². The summed E-state index contributed by atoms with van der Waals surface area (Å²) in [4.78, 5) is 13.2. The molecule has 1 atom stereocenters. The normalized spacial score (nSPS) is 19.0. The molecule has 21 heavy (non-hydrogen) atoms. The van der Waals surface area contributed by atoms with Crippen LogP contribution in [0.1, 0.15) is 12.0 Å². The SMILES string of the molecule is COc1cc(C)c(N2CC(S(=O)(=O)F)CC2=O)cc1OC. The molecule has 1 fully saturated rings. The van der Waals surface area contributed by atoms with E-state index in [1.807, 2.05) is 0 Å². The van der Waals surface area contributed by atoms with Crippen molar-refractivity contribution < 1.29 is 26.6 Å². The summed E-state index contributed by atoms with van der Waals surface area (Å²) in [7, 11) is -1.79. The van der Waals surface area contributed by atoms with Crippen LogP contribution in [0.3, 0.4) is 0 Å². The number of halogens is 1. The predicted octanol–water partition coefficient (Wildman–Crippen LogP) is 1.42. The molecular formula is C13H16FNO5S. The molecule has 0 radical (unpaired) electrons. The van der Waals surface area contributed by atoms with Crippen LogP contribution in [-0.2, 0) is 15.0 Å². The van der Waals surface area contributed by atoms with Crippen molar-refractivity contribution in [2.75, 3.05) is 25.7 Å². The number of amides is 1. The molecular weight excluding hydrogens is 301 g/mol. The van der Waals surface area contributed by atoms with Crippen LogP contribution in [0, 0.1) is 6.92 Å². The van der Waals surface area contributed by atoms with Gasteiger partial charge in [0, 0.05) is 19.0 Å². The number of nitrogens with zero attached hydrogens (tertiary/aromatic N) is 1. The Morgan fingerprint density at radius 3 is 2.29 bits per heavy atom. The van der Waals surface area contributed by atoms with Crippen LogP contribution in [-0.4, -0.2) is 40.3 Å². The minimum Gasteiger partial charge on any atom is -0.493 e. The van der Waals surface area contributed by atoms with E-state index in [4.69, 9.17) is 9.47 Å². The third kappa shape index (κ3) is 2.94. The molecule has 2 rings (SSSR count). The van der Waals surface area contributed by atoms with Gasteiger partial charge in [0.2, 0.25) is 5.91 Å². The second-order valence-electron chi connectivity index (χ2n) is 4.80. The van der Waals surface area contributed by atoms with E-state index in [9.17, 15) is 17.1 Å². The van der Waals surface area contributed by atoms with Gasteiger partial charge in [0.05, 0.1) is 19.9 Å². The summed E-state index contributed by atoms with van der Waals surface area (Å²) in [6, 6.07) is 3.26. The van der Waals surface area contributed by atoms with Gasteiger partial charge in [-0.1, -0.05) is 0 Å². The van der Waals surface area contributed by atoms with E-state index in [1.54, 1.807) is 19.1 Å². The lowest BCUT2D eigenvalue weighted by atomic mass is 10.1. The molecule has 1 aromatic carbocycles. The summed E-state index contributed by atoms with van der Waals surface area (Å²) in [5.74, 6) is 0.481. The van der Waals surface area contributed by atoms with E-state index in [2.05, 4.69) is 0 Å². The molecule has 8 heteroatoms. The summed E-state index contributed by atoms with van der Waals surface area (Å²) in [5.41, 5.74) is 1.20. The highest BCUT2D eigenvalue weighted by Crippen LogP contribution is 2.37. The van der Waals surface area contributed by atoms with Crippen LogP contribution in [0.5, 0.6) is 11.5 Å². The molecule has 1 aliphatic rings. The Labute approximate surface area is 122 Å². The summed E-state index contributed by atoms with van der Waals surface area (Å²) in [5, 5.41) is -1.32. The summed E-state index contributed by atoms with van der Waals surface area (Å²) in [6.07, 6.45) is -0.355. The van der Waals surface area contributed by atoms with Gasteiger partial charge in [0.15, 0.2) is 11.5 Å². The maximum Gasteiger partial charge on any atom is 0.307 e. The lowest BCUT2D eigenvalue weighted by Crippen LogP contribution is -2.27. The predicted molar refractivity (Wildman–Crippen MR) is 75.1 cm³/mol. The van der Waals surface area contributed by atoms with Gasteiger partial charge >= 0.3 is 10.2 Å². The third-order valence-electron chi connectivity index (χ3n) is 3.48.